The third-order valence-corrected chi connectivity index (χ3v) is 6.67. The van der Waals surface area contributed by atoms with E-state index in [2.05, 4.69) is 15.3 Å². The first-order chi connectivity index (χ1) is 15.5. The van der Waals surface area contributed by atoms with Gasteiger partial charge in [-0.25, -0.2) is 9.97 Å². The molecule has 0 radical (unpaired) electrons. The highest BCUT2D eigenvalue weighted by atomic mass is 32.2. The van der Waals surface area contributed by atoms with Crippen molar-refractivity contribution in [1.29, 1.82) is 0 Å². The summed E-state index contributed by atoms with van der Waals surface area (Å²) in [6.45, 7) is 5.39. The van der Waals surface area contributed by atoms with E-state index in [1.54, 1.807) is 41.8 Å². The number of hydrogen-bond donors (Lipinski definition) is 1. The first kappa shape index (κ1) is 22.2. The molecule has 0 aliphatic carbocycles. The lowest BCUT2D eigenvalue weighted by Crippen LogP contribution is -2.36. The van der Waals surface area contributed by atoms with Crippen LogP contribution in [-0.4, -0.2) is 46.6 Å². The van der Waals surface area contributed by atoms with Crippen molar-refractivity contribution >= 4 is 51.7 Å². The summed E-state index contributed by atoms with van der Waals surface area (Å²) in [7, 11) is 0. The Morgan fingerprint density at radius 2 is 2.12 bits per heavy atom. The number of aromatic nitrogens is 4. The van der Waals surface area contributed by atoms with Crippen LogP contribution in [0.5, 0.6) is 0 Å². The molecule has 1 aliphatic heterocycles. The summed E-state index contributed by atoms with van der Waals surface area (Å²) in [5, 5.41) is 3.28. The van der Waals surface area contributed by atoms with Crippen molar-refractivity contribution in [2.24, 2.45) is 0 Å². The van der Waals surface area contributed by atoms with Crippen molar-refractivity contribution in [2.75, 3.05) is 11.9 Å². The third-order valence-electron chi connectivity index (χ3n) is 5.34. The predicted octanol–water partition coefficient (Wildman–Crippen LogP) is 3.39. The van der Waals surface area contributed by atoms with Crippen LogP contribution in [0.2, 0.25) is 0 Å². The van der Waals surface area contributed by atoms with Gasteiger partial charge in [0.05, 0.1) is 16.8 Å². The maximum Gasteiger partial charge on any atom is 0.267 e. The predicted molar refractivity (Wildman–Crippen MR) is 132 cm³/mol. The lowest BCUT2D eigenvalue weighted by atomic mass is 10.2. The standard InChI is InChI=1S/C22H24N6O2S2/c1-3-15(2)28-21(30)17(32-22(28)31)13-16-19(24-8-6-10-26-12-9-23-14-26)25-18-7-4-5-11-27(18)20(16)29/h4-5,7,9,11-15,24H,3,6,8,10H2,1-2H3/b17-13-/t15-/m1/s1. The lowest BCUT2D eigenvalue weighted by molar-refractivity contribution is -0.123. The van der Waals surface area contributed by atoms with E-state index in [0.29, 0.717) is 32.8 Å². The van der Waals surface area contributed by atoms with Gasteiger partial charge in [-0.2, -0.15) is 0 Å². The number of nitrogens with one attached hydrogen (secondary N) is 1. The number of fused-ring (bicyclic) bond motifs is 1. The van der Waals surface area contributed by atoms with Gasteiger partial charge >= 0.3 is 0 Å². The molecule has 32 heavy (non-hydrogen) atoms. The van der Waals surface area contributed by atoms with Gasteiger partial charge in [-0.3, -0.25) is 18.9 Å². The van der Waals surface area contributed by atoms with Crippen LogP contribution < -0.4 is 10.9 Å². The Balaban J connectivity index is 1.66. The Bertz CT molecular complexity index is 1230. The number of imidazole rings is 1. The molecule has 4 heterocycles. The number of thioether (sulfide) groups is 1. The Kier molecular flexibility index (Phi) is 6.71. The molecule has 1 saturated heterocycles. The van der Waals surface area contributed by atoms with Crippen molar-refractivity contribution in [3.63, 3.8) is 0 Å². The van der Waals surface area contributed by atoms with Gasteiger partial charge in [0, 0.05) is 37.7 Å². The minimum absolute atomic E-state index is 0.00463. The highest BCUT2D eigenvalue weighted by molar-refractivity contribution is 8.26. The zero-order chi connectivity index (χ0) is 22.7. The molecule has 3 aromatic rings. The van der Waals surface area contributed by atoms with Crippen LogP contribution in [0, 0.1) is 0 Å². The first-order valence-corrected chi connectivity index (χ1v) is 11.7. The van der Waals surface area contributed by atoms with Crippen LogP contribution in [-0.2, 0) is 11.3 Å². The fourth-order valence-electron chi connectivity index (χ4n) is 3.43. The number of anilines is 1. The molecule has 4 rings (SSSR count). The molecule has 0 bridgehead atoms. The maximum atomic E-state index is 13.3. The molecule has 3 aromatic heterocycles. The molecule has 1 fully saturated rings. The summed E-state index contributed by atoms with van der Waals surface area (Å²) in [4.78, 5) is 37.0. The molecule has 1 aliphatic rings. The second-order valence-electron chi connectivity index (χ2n) is 7.50. The van der Waals surface area contributed by atoms with Crippen LogP contribution in [0.3, 0.4) is 0 Å². The van der Waals surface area contributed by atoms with Crippen molar-refractivity contribution in [3.05, 3.63) is 63.9 Å². The molecule has 0 unspecified atom stereocenters. The fourth-order valence-corrected chi connectivity index (χ4v) is 4.87. The topological polar surface area (TPSA) is 84.5 Å². The van der Waals surface area contributed by atoms with Crippen LogP contribution in [0.15, 0.2) is 52.8 Å². The highest BCUT2D eigenvalue weighted by Crippen LogP contribution is 2.34. The van der Waals surface area contributed by atoms with Gasteiger partial charge in [0.2, 0.25) is 0 Å². The third kappa shape index (κ3) is 4.46. The highest BCUT2D eigenvalue weighted by Gasteiger charge is 2.35. The van der Waals surface area contributed by atoms with Crippen molar-refractivity contribution in [3.8, 4) is 0 Å². The van der Waals surface area contributed by atoms with Gasteiger partial charge in [-0.1, -0.05) is 37.0 Å². The minimum atomic E-state index is -0.235. The first-order valence-electron chi connectivity index (χ1n) is 10.5. The van der Waals surface area contributed by atoms with Gasteiger partial charge < -0.3 is 9.88 Å². The normalized spacial score (nSPS) is 16.3. The number of pyridine rings is 1. The Labute approximate surface area is 195 Å². The monoisotopic (exact) mass is 468 g/mol. The number of rotatable bonds is 8. The molecule has 166 valence electrons. The average molecular weight is 469 g/mol. The van der Waals surface area contributed by atoms with Crippen LogP contribution in [0.25, 0.3) is 11.7 Å². The van der Waals surface area contributed by atoms with Gasteiger partial charge in [0.1, 0.15) is 15.8 Å². The van der Waals surface area contributed by atoms with E-state index < -0.39 is 0 Å². The Morgan fingerprint density at radius 3 is 2.88 bits per heavy atom. The van der Waals surface area contributed by atoms with Gasteiger partial charge in [0.25, 0.3) is 11.5 Å². The number of carbonyl (C=O) groups is 1. The molecule has 0 aromatic carbocycles. The van der Waals surface area contributed by atoms with Gasteiger partial charge in [-0.15, -0.1) is 0 Å². The molecule has 8 nitrogen and oxygen atoms in total. The van der Waals surface area contributed by atoms with E-state index in [-0.39, 0.29) is 17.5 Å². The number of aryl methyl sites for hydroxylation is 1. The molecule has 1 N–H and O–H groups in total. The largest absolute Gasteiger partial charge is 0.369 e. The van der Waals surface area contributed by atoms with Crippen LogP contribution in [0.1, 0.15) is 32.3 Å². The summed E-state index contributed by atoms with van der Waals surface area (Å²) < 4.78 is 3.99. The van der Waals surface area contributed by atoms with Crippen molar-refractivity contribution < 1.29 is 4.79 Å². The second kappa shape index (κ2) is 9.66. The number of thiocarbonyl (C=S) groups is 1. The molecule has 0 spiro atoms. The summed E-state index contributed by atoms with van der Waals surface area (Å²) in [6, 6.07) is 5.40. The van der Waals surface area contributed by atoms with Crippen LogP contribution >= 0.6 is 24.0 Å². The van der Waals surface area contributed by atoms with E-state index in [9.17, 15) is 9.59 Å². The van der Waals surface area contributed by atoms with E-state index in [1.165, 1.54) is 16.2 Å². The number of carbonyl (C=O) groups excluding carboxylic acids is 1. The maximum absolute atomic E-state index is 13.3. The fraction of sp³-hybridized carbons (Fsp3) is 0.318. The molecule has 1 amide bonds. The van der Waals surface area contributed by atoms with E-state index in [1.807, 2.05) is 30.7 Å². The Morgan fingerprint density at radius 1 is 1.28 bits per heavy atom. The zero-order valence-electron chi connectivity index (χ0n) is 17.9. The summed E-state index contributed by atoms with van der Waals surface area (Å²) in [6.07, 6.45) is 10.3. The summed E-state index contributed by atoms with van der Waals surface area (Å²) >= 11 is 6.65. The average Bonchev–Trinajstić information content (AvgIpc) is 3.41. The Hall–Kier alpha value is -2.98. The zero-order valence-corrected chi connectivity index (χ0v) is 19.5. The lowest BCUT2D eigenvalue weighted by Gasteiger charge is -2.21. The van der Waals surface area contributed by atoms with Gasteiger partial charge in [0.15, 0.2) is 0 Å². The smallest absolute Gasteiger partial charge is 0.267 e. The van der Waals surface area contributed by atoms with E-state index in [4.69, 9.17) is 12.2 Å². The molecular formula is C22H24N6O2S2. The number of nitrogens with zero attached hydrogens (tertiary/aromatic N) is 5. The summed E-state index contributed by atoms with van der Waals surface area (Å²) in [5.74, 6) is 0.290. The van der Waals surface area contributed by atoms with Crippen molar-refractivity contribution in [1.82, 2.24) is 23.8 Å². The second-order valence-corrected chi connectivity index (χ2v) is 9.17. The quantitative estimate of drug-likeness (QED) is 0.308. The van der Waals surface area contributed by atoms with Crippen LogP contribution in [0.4, 0.5) is 5.82 Å². The number of hydrogen-bond acceptors (Lipinski definition) is 7. The van der Waals surface area contributed by atoms with E-state index >= 15 is 0 Å². The van der Waals surface area contributed by atoms with Crippen molar-refractivity contribution in [2.45, 2.75) is 39.3 Å². The molecule has 0 saturated carbocycles. The molecular weight excluding hydrogens is 444 g/mol. The minimum Gasteiger partial charge on any atom is -0.369 e. The SMILES string of the molecule is CC[C@@H](C)N1C(=O)/C(=C/c2c(NCCCn3ccnc3)nc3ccccn3c2=O)SC1=S. The molecule has 10 heteroatoms. The molecule has 1 atom stereocenters. The van der Waals surface area contributed by atoms with Gasteiger partial charge in [-0.05, 0) is 38.0 Å². The number of amides is 1. The summed E-state index contributed by atoms with van der Waals surface area (Å²) in [5.41, 5.74) is 0.654. The van der Waals surface area contributed by atoms with E-state index in [0.717, 1.165) is 19.4 Å².